The lowest BCUT2D eigenvalue weighted by Gasteiger charge is -2.22. The molecule has 0 saturated carbocycles. The molecule has 2 aromatic rings. The van der Waals surface area contributed by atoms with Crippen LogP contribution in [-0.4, -0.2) is 35.1 Å². The van der Waals surface area contributed by atoms with Crippen LogP contribution in [0.1, 0.15) is 29.0 Å². The molecule has 1 N–H and O–H groups in total. The number of carbonyl (C=O) groups excluding carboxylic acids is 1. The third-order valence-electron chi connectivity index (χ3n) is 3.96. The fraction of sp³-hybridized carbons (Fsp3) is 0.400. The highest BCUT2D eigenvalue weighted by Gasteiger charge is 2.32. The van der Waals surface area contributed by atoms with E-state index < -0.39 is 5.82 Å². The second-order valence-corrected chi connectivity index (χ2v) is 5.15. The molecule has 0 unspecified atom stereocenters. The predicted octanol–water partition coefficient (Wildman–Crippen LogP) is 2.48. The summed E-state index contributed by atoms with van der Waals surface area (Å²) in [5, 5.41) is 9.92. The highest BCUT2D eigenvalue weighted by molar-refractivity contribution is 5.99. The first-order valence-corrected chi connectivity index (χ1v) is 6.73. The number of rotatable bonds is 2. The minimum Gasteiger partial charge on any atom is -0.448 e. The molecule has 3 rings (SSSR count). The molecule has 1 aromatic carbocycles. The minimum absolute atomic E-state index is 0.0562. The van der Waals surface area contributed by atoms with E-state index in [9.17, 15) is 14.3 Å². The Balaban J connectivity index is 2.04. The summed E-state index contributed by atoms with van der Waals surface area (Å²) in [7, 11) is 0. The number of hydrogen-bond donors (Lipinski definition) is 1. The van der Waals surface area contributed by atoms with Gasteiger partial charge in [0.1, 0.15) is 0 Å². The topological polar surface area (TPSA) is 53.7 Å². The summed E-state index contributed by atoms with van der Waals surface area (Å²) in [5.74, 6) is -0.565. The highest BCUT2D eigenvalue weighted by Crippen LogP contribution is 2.29. The second kappa shape index (κ2) is 4.90. The number of halogens is 1. The number of furan rings is 1. The van der Waals surface area contributed by atoms with E-state index in [1.165, 1.54) is 6.07 Å². The van der Waals surface area contributed by atoms with Crippen molar-refractivity contribution in [2.75, 3.05) is 13.2 Å². The van der Waals surface area contributed by atoms with Gasteiger partial charge in [-0.3, -0.25) is 4.79 Å². The molecule has 2 heterocycles. The normalized spacial score (nSPS) is 18.9. The van der Waals surface area contributed by atoms with Gasteiger partial charge in [-0.05, 0) is 25.8 Å². The van der Waals surface area contributed by atoms with Gasteiger partial charge in [-0.25, -0.2) is 4.39 Å². The van der Waals surface area contributed by atoms with Crippen molar-refractivity contribution in [3.63, 3.8) is 0 Å². The Kier molecular flexibility index (Phi) is 3.22. The maximum absolute atomic E-state index is 13.7. The zero-order valence-electron chi connectivity index (χ0n) is 11.2. The molecule has 0 bridgehead atoms. The summed E-state index contributed by atoms with van der Waals surface area (Å²) in [6.45, 7) is 2.30. The number of hydrogen-bond acceptors (Lipinski definition) is 3. The molecule has 0 aliphatic carbocycles. The number of carbonyl (C=O) groups is 1. The van der Waals surface area contributed by atoms with E-state index in [1.54, 1.807) is 24.0 Å². The molecule has 1 fully saturated rings. The van der Waals surface area contributed by atoms with E-state index in [0.717, 1.165) is 12.8 Å². The van der Waals surface area contributed by atoms with Crippen LogP contribution >= 0.6 is 0 Å². The Labute approximate surface area is 115 Å². The SMILES string of the molecule is Cc1c(C(=O)N2CCC[C@@H]2CO)oc2c(F)cccc12. The van der Waals surface area contributed by atoms with Gasteiger partial charge >= 0.3 is 0 Å². The number of likely N-dealkylation sites (tertiary alicyclic amines) is 1. The van der Waals surface area contributed by atoms with Crippen LogP contribution in [0, 0.1) is 12.7 Å². The fourth-order valence-electron chi connectivity index (χ4n) is 2.84. The summed E-state index contributed by atoms with van der Waals surface area (Å²) in [6.07, 6.45) is 1.65. The number of nitrogens with zero attached hydrogens (tertiary/aromatic N) is 1. The van der Waals surface area contributed by atoms with Gasteiger partial charge in [0.2, 0.25) is 0 Å². The van der Waals surface area contributed by atoms with Gasteiger partial charge in [-0.2, -0.15) is 0 Å². The number of para-hydroxylation sites is 1. The van der Waals surface area contributed by atoms with E-state index in [2.05, 4.69) is 0 Å². The van der Waals surface area contributed by atoms with E-state index in [4.69, 9.17) is 4.42 Å². The van der Waals surface area contributed by atoms with Crippen LogP contribution in [0.4, 0.5) is 4.39 Å². The molecule has 1 aliphatic rings. The molecule has 0 spiro atoms. The standard InChI is InChI=1S/C15H16FNO3/c1-9-11-5-2-6-12(16)14(11)20-13(9)15(19)17-7-3-4-10(17)8-18/h2,5-6,10,18H,3-4,7-8H2,1H3/t10-/m1/s1. The molecular weight excluding hydrogens is 261 g/mol. The first-order valence-electron chi connectivity index (χ1n) is 6.73. The average Bonchev–Trinajstić information content (AvgIpc) is 3.04. The Morgan fingerprint density at radius 1 is 1.55 bits per heavy atom. The van der Waals surface area contributed by atoms with Crippen molar-refractivity contribution in [1.29, 1.82) is 0 Å². The molecule has 4 nitrogen and oxygen atoms in total. The second-order valence-electron chi connectivity index (χ2n) is 5.15. The van der Waals surface area contributed by atoms with Crippen molar-refractivity contribution in [2.45, 2.75) is 25.8 Å². The zero-order chi connectivity index (χ0) is 14.3. The van der Waals surface area contributed by atoms with E-state index in [-0.39, 0.29) is 29.9 Å². The molecule has 20 heavy (non-hydrogen) atoms. The van der Waals surface area contributed by atoms with Crippen LogP contribution in [0.3, 0.4) is 0 Å². The minimum atomic E-state index is -0.468. The summed E-state index contributed by atoms with van der Waals surface area (Å²) in [5.41, 5.74) is 0.765. The largest absolute Gasteiger partial charge is 0.448 e. The summed E-state index contributed by atoms with van der Waals surface area (Å²) >= 11 is 0. The molecular formula is C15H16FNO3. The predicted molar refractivity (Wildman–Crippen MR) is 72.1 cm³/mol. The average molecular weight is 277 g/mol. The van der Waals surface area contributed by atoms with Crippen LogP contribution in [0.5, 0.6) is 0 Å². The first-order chi connectivity index (χ1) is 9.63. The van der Waals surface area contributed by atoms with E-state index >= 15 is 0 Å². The molecule has 1 aliphatic heterocycles. The van der Waals surface area contributed by atoms with Crippen LogP contribution in [0.2, 0.25) is 0 Å². The lowest BCUT2D eigenvalue weighted by atomic mass is 10.1. The zero-order valence-corrected chi connectivity index (χ0v) is 11.2. The Morgan fingerprint density at radius 3 is 3.05 bits per heavy atom. The van der Waals surface area contributed by atoms with E-state index in [1.807, 2.05) is 0 Å². The lowest BCUT2D eigenvalue weighted by Crippen LogP contribution is -2.37. The molecule has 1 aromatic heterocycles. The van der Waals surface area contributed by atoms with Crippen molar-refractivity contribution in [3.05, 3.63) is 35.3 Å². The Hall–Kier alpha value is -1.88. The maximum atomic E-state index is 13.7. The van der Waals surface area contributed by atoms with Gasteiger partial charge in [0.05, 0.1) is 12.6 Å². The van der Waals surface area contributed by atoms with Crippen LogP contribution in [-0.2, 0) is 0 Å². The smallest absolute Gasteiger partial charge is 0.290 e. The number of aliphatic hydroxyl groups is 1. The Bertz CT molecular complexity index is 664. The van der Waals surface area contributed by atoms with Crippen LogP contribution < -0.4 is 0 Å². The van der Waals surface area contributed by atoms with E-state index in [0.29, 0.717) is 17.5 Å². The number of aliphatic hydroxyl groups excluding tert-OH is 1. The highest BCUT2D eigenvalue weighted by atomic mass is 19.1. The van der Waals surface area contributed by atoms with Gasteiger partial charge < -0.3 is 14.4 Å². The van der Waals surface area contributed by atoms with Crippen molar-refractivity contribution in [3.8, 4) is 0 Å². The van der Waals surface area contributed by atoms with Gasteiger partial charge in [-0.15, -0.1) is 0 Å². The summed E-state index contributed by atoms with van der Waals surface area (Å²) in [6, 6.07) is 4.48. The monoisotopic (exact) mass is 277 g/mol. The van der Waals surface area contributed by atoms with Crippen molar-refractivity contribution in [2.24, 2.45) is 0 Å². The summed E-state index contributed by atoms with van der Waals surface area (Å²) in [4.78, 5) is 14.1. The third kappa shape index (κ3) is 1.89. The molecule has 0 radical (unpaired) electrons. The van der Waals surface area contributed by atoms with Gasteiger partial charge in [0.25, 0.3) is 5.91 Å². The number of aryl methyl sites for hydroxylation is 1. The van der Waals surface area contributed by atoms with Crippen molar-refractivity contribution in [1.82, 2.24) is 4.90 Å². The van der Waals surface area contributed by atoms with Gasteiger partial charge in [0, 0.05) is 17.5 Å². The Morgan fingerprint density at radius 2 is 2.35 bits per heavy atom. The van der Waals surface area contributed by atoms with Crippen LogP contribution in [0.15, 0.2) is 22.6 Å². The van der Waals surface area contributed by atoms with Gasteiger partial charge in [-0.1, -0.05) is 12.1 Å². The third-order valence-corrected chi connectivity index (χ3v) is 3.96. The lowest BCUT2D eigenvalue weighted by molar-refractivity contribution is 0.0647. The molecule has 5 heteroatoms. The number of fused-ring (bicyclic) bond motifs is 1. The van der Waals surface area contributed by atoms with Crippen molar-refractivity contribution < 1.29 is 18.7 Å². The number of amides is 1. The van der Waals surface area contributed by atoms with Crippen molar-refractivity contribution >= 4 is 16.9 Å². The molecule has 1 saturated heterocycles. The molecule has 106 valence electrons. The maximum Gasteiger partial charge on any atom is 0.290 e. The molecule has 1 atom stereocenters. The molecule has 1 amide bonds. The summed E-state index contributed by atoms with van der Waals surface area (Å²) < 4.78 is 19.2. The first kappa shape index (κ1) is 13.1. The fourth-order valence-corrected chi connectivity index (χ4v) is 2.84. The van der Waals surface area contributed by atoms with Gasteiger partial charge in [0.15, 0.2) is 17.2 Å². The van der Waals surface area contributed by atoms with Crippen LogP contribution in [0.25, 0.3) is 11.0 Å². The number of benzene rings is 1. The quantitative estimate of drug-likeness (QED) is 0.917.